The Morgan fingerprint density at radius 1 is 1.11 bits per heavy atom. The number of likely N-dealkylation sites (tertiary alicyclic amines) is 1. The van der Waals surface area contributed by atoms with Crippen LogP contribution in [-0.2, 0) is 15.7 Å². The zero-order chi connectivity index (χ0) is 26.7. The fourth-order valence-corrected chi connectivity index (χ4v) is 4.56. The van der Waals surface area contributed by atoms with Crippen LogP contribution in [-0.4, -0.2) is 75.4 Å². The third-order valence-corrected chi connectivity index (χ3v) is 6.39. The normalized spacial score (nSPS) is 20.1. The molecule has 0 spiro atoms. The maximum atomic E-state index is 13.2. The highest BCUT2D eigenvalue weighted by Crippen LogP contribution is 2.32. The molecule has 2 aromatic heterocycles. The monoisotopic (exact) mass is 531 g/mol. The van der Waals surface area contributed by atoms with E-state index in [1.165, 1.54) is 6.20 Å². The van der Waals surface area contributed by atoms with E-state index in [9.17, 15) is 31.5 Å². The zero-order valence-corrected chi connectivity index (χ0v) is 19.8. The molecule has 0 radical (unpaired) electrons. The van der Waals surface area contributed by atoms with Crippen molar-refractivity contribution in [1.29, 1.82) is 0 Å². The summed E-state index contributed by atoms with van der Waals surface area (Å²) in [4.78, 5) is 36.0. The molecule has 2 saturated heterocycles. The SMILES string of the molecule is CC(CO[C@@H]1CCN(C2CCN(c3cnc(C(F)F)cn3)CC2)C1=O)Nc1cn[nH]c(=O)c1C(F)(F)F. The van der Waals surface area contributed by atoms with Crippen molar-refractivity contribution in [1.82, 2.24) is 25.1 Å². The molecule has 2 aliphatic heterocycles. The summed E-state index contributed by atoms with van der Waals surface area (Å²) in [6.45, 7) is 3.17. The van der Waals surface area contributed by atoms with Crippen LogP contribution < -0.4 is 15.8 Å². The number of H-pyrrole nitrogens is 1. The van der Waals surface area contributed by atoms with Crippen molar-refractivity contribution >= 4 is 17.4 Å². The molecule has 2 aromatic rings. The summed E-state index contributed by atoms with van der Waals surface area (Å²) in [6, 6.07) is -0.648. The first-order valence-corrected chi connectivity index (χ1v) is 11.7. The van der Waals surface area contributed by atoms with E-state index >= 15 is 0 Å². The van der Waals surface area contributed by atoms with Gasteiger partial charge in [-0.1, -0.05) is 0 Å². The van der Waals surface area contributed by atoms with Crippen LogP contribution in [0.5, 0.6) is 0 Å². The first-order chi connectivity index (χ1) is 17.5. The molecule has 4 rings (SSSR count). The van der Waals surface area contributed by atoms with Crippen LogP contribution >= 0.6 is 0 Å². The van der Waals surface area contributed by atoms with Gasteiger partial charge in [-0.2, -0.15) is 18.3 Å². The number of amides is 1. The number of hydrogen-bond donors (Lipinski definition) is 2. The molecule has 0 aromatic carbocycles. The third kappa shape index (κ3) is 6.14. The molecular formula is C22H26F5N7O3. The number of ether oxygens (including phenoxy) is 1. The number of carbonyl (C=O) groups excluding carboxylic acids is 1. The van der Waals surface area contributed by atoms with Gasteiger partial charge in [-0.25, -0.2) is 23.8 Å². The summed E-state index contributed by atoms with van der Waals surface area (Å²) < 4.78 is 70.7. The lowest BCUT2D eigenvalue weighted by molar-refractivity contribution is -0.139. The second-order valence-corrected chi connectivity index (χ2v) is 8.99. The predicted molar refractivity (Wildman–Crippen MR) is 121 cm³/mol. The average Bonchev–Trinajstić information content (AvgIpc) is 3.22. The number of aromatic amines is 1. The highest BCUT2D eigenvalue weighted by Gasteiger charge is 2.39. The summed E-state index contributed by atoms with van der Waals surface area (Å²) >= 11 is 0. The lowest BCUT2D eigenvalue weighted by Gasteiger charge is -2.37. The van der Waals surface area contributed by atoms with E-state index in [0.717, 1.165) is 12.4 Å². The predicted octanol–water partition coefficient (Wildman–Crippen LogP) is 2.60. The van der Waals surface area contributed by atoms with Crippen LogP contribution in [0.1, 0.15) is 43.9 Å². The van der Waals surface area contributed by atoms with Crippen LogP contribution in [0, 0.1) is 0 Å². The number of aromatic nitrogens is 4. The summed E-state index contributed by atoms with van der Waals surface area (Å²) in [5.41, 5.74) is -3.57. The molecule has 0 bridgehead atoms. The zero-order valence-electron chi connectivity index (χ0n) is 19.8. The number of anilines is 2. The standard InChI is InChI=1S/C22H26F5N7O3/c1-12(31-14-9-30-32-20(35)18(14)22(25,26)27)11-37-16-4-7-34(21(16)36)13-2-5-33(6-3-13)17-10-28-15(8-29-17)19(23)24/h8-10,12-13,16,19H,2-7,11H2,1H3,(H2,31,32,35)/t12?,16-/m1/s1. The van der Waals surface area contributed by atoms with Crippen molar-refractivity contribution in [3.8, 4) is 0 Å². The van der Waals surface area contributed by atoms with Gasteiger partial charge in [0.15, 0.2) is 0 Å². The molecule has 1 unspecified atom stereocenters. The Kier molecular flexibility index (Phi) is 7.90. The summed E-state index contributed by atoms with van der Waals surface area (Å²) in [7, 11) is 0. The number of halogens is 5. The Balaban J connectivity index is 1.27. The topological polar surface area (TPSA) is 116 Å². The van der Waals surface area contributed by atoms with E-state index in [4.69, 9.17) is 4.74 Å². The number of hydrogen-bond acceptors (Lipinski definition) is 8. The number of nitrogens with zero attached hydrogens (tertiary/aromatic N) is 5. The van der Waals surface area contributed by atoms with Gasteiger partial charge in [-0.3, -0.25) is 9.59 Å². The van der Waals surface area contributed by atoms with E-state index < -0.39 is 41.6 Å². The van der Waals surface area contributed by atoms with Crippen molar-refractivity contribution in [3.63, 3.8) is 0 Å². The van der Waals surface area contributed by atoms with Crippen molar-refractivity contribution < 1.29 is 31.5 Å². The van der Waals surface area contributed by atoms with E-state index in [-0.39, 0.29) is 24.2 Å². The van der Waals surface area contributed by atoms with Gasteiger partial charge < -0.3 is 19.9 Å². The molecule has 202 valence electrons. The van der Waals surface area contributed by atoms with Gasteiger partial charge in [0.2, 0.25) is 0 Å². The molecule has 1 amide bonds. The van der Waals surface area contributed by atoms with Crippen molar-refractivity contribution in [2.24, 2.45) is 0 Å². The van der Waals surface area contributed by atoms with Gasteiger partial charge in [-0.05, 0) is 19.8 Å². The number of carbonyl (C=O) groups is 1. The third-order valence-electron chi connectivity index (χ3n) is 6.39. The lowest BCUT2D eigenvalue weighted by Crippen LogP contribution is -2.47. The smallest absolute Gasteiger partial charge is 0.378 e. The molecule has 2 fully saturated rings. The second kappa shape index (κ2) is 10.9. The van der Waals surface area contributed by atoms with Crippen LogP contribution in [0.15, 0.2) is 23.4 Å². The number of alkyl halides is 5. The Bertz CT molecular complexity index is 1140. The van der Waals surface area contributed by atoms with E-state index in [0.29, 0.717) is 44.7 Å². The quantitative estimate of drug-likeness (QED) is 0.500. The summed E-state index contributed by atoms with van der Waals surface area (Å²) in [5, 5.41) is 7.78. The maximum Gasteiger partial charge on any atom is 0.423 e. The van der Waals surface area contributed by atoms with Gasteiger partial charge in [0.1, 0.15) is 23.2 Å². The van der Waals surface area contributed by atoms with Gasteiger partial charge in [0, 0.05) is 38.1 Å². The molecule has 2 atom stereocenters. The second-order valence-electron chi connectivity index (χ2n) is 8.99. The lowest BCUT2D eigenvalue weighted by atomic mass is 10.0. The Morgan fingerprint density at radius 2 is 1.84 bits per heavy atom. The largest absolute Gasteiger partial charge is 0.423 e. The minimum atomic E-state index is -4.86. The number of piperidine rings is 1. The van der Waals surface area contributed by atoms with Gasteiger partial charge in [0.25, 0.3) is 17.9 Å². The first-order valence-electron chi connectivity index (χ1n) is 11.7. The minimum Gasteiger partial charge on any atom is -0.378 e. The maximum absolute atomic E-state index is 13.2. The molecule has 2 aliphatic rings. The van der Waals surface area contributed by atoms with E-state index in [2.05, 4.69) is 20.4 Å². The average molecular weight is 531 g/mol. The van der Waals surface area contributed by atoms with Crippen molar-refractivity contribution in [3.05, 3.63) is 40.2 Å². The summed E-state index contributed by atoms with van der Waals surface area (Å²) in [5.74, 6) is 0.322. The molecule has 15 heteroatoms. The minimum absolute atomic E-state index is 0.0161. The van der Waals surface area contributed by atoms with Crippen molar-refractivity contribution in [2.75, 3.05) is 36.5 Å². The highest BCUT2D eigenvalue weighted by atomic mass is 19.4. The molecular weight excluding hydrogens is 505 g/mol. The summed E-state index contributed by atoms with van der Waals surface area (Å²) in [6.07, 6.45) is -3.23. The van der Waals surface area contributed by atoms with Crippen LogP contribution in [0.4, 0.5) is 33.5 Å². The van der Waals surface area contributed by atoms with Crippen LogP contribution in [0.2, 0.25) is 0 Å². The number of rotatable bonds is 8. The van der Waals surface area contributed by atoms with Gasteiger partial charge in [0.05, 0.1) is 30.9 Å². The first kappa shape index (κ1) is 26.7. The molecule has 10 nitrogen and oxygen atoms in total. The van der Waals surface area contributed by atoms with E-state index in [1.54, 1.807) is 16.9 Å². The molecule has 37 heavy (non-hydrogen) atoms. The molecule has 0 saturated carbocycles. The van der Waals surface area contributed by atoms with E-state index in [1.807, 2.05) is 4.90 Å². The highest BCUT2D eigenvalue weighted by molar-refractivity contribution is 5.83. The van der Waals surface area contributed by atoms with Crippen molar-refractivity contribution in [2.45, 2.75) is 57.0 Å². The van der Waals surface area contributed by atoms with Crippen LogP contribution in [0.3, 0.4) is 0 Å². The van der Waals surface area contributed by atoms with Crippen LogP contribution in [0.25, 0.3) is 0 Å². The Morgan fingerprint density at radius 3 is 2.46 bits per heavy atom. The Hall–Kier alpha value is -3.36. The fourth-order valence-electron chi connectivity index (χ4n) is 4.56. The van der Waals surface area contributed by atoms with Gasteiger partial charge in [-0.15, -0.1) is 0 Å². The molecule has 0 aliphatic carbocycles. The van der Waals surface area contributed by atoms with Gasteiger partial charge >= 0.3 is 6.18 Å². The molecule has 2 N–H and O–H groups in total. The fraction of sp³-hybridized carbons (Fsp3) is 0.591. The number of nitrogens with one attached hydrogen (secondary N) is 2. The molecule has 4 heterocycles. The Labute approximate surface area is 208 Å².